The fraction of sp³-hybridized carbons (Fsp3) is 0.364. The Morgan fingerprint density at radius 2 is 1.59 bits per heavy atom. The van der Waals surface area contributed by atoms with E-state index in [9.17, 15) is 18.0 Å². The Labute approximate surface area is 172 Å². The van der Waals surface area contributed by atoms with Crippen molar-refractivity contribution in [1.82, 2.24) is 9.21 Å². The van der Waals surface area contributed by atoms with E-state index in [1.807, 2.05) is 31.2 Å². The number of hydrogen-bond acceptors (Lipinski definition) is 4. The van der Waals surface area contributed by atoms with Gasteiger partial charge in [-0.05, 0) is 44.4 Å². The fourth-order valence-electron chi connectivity index (χ4n) is 3.11. The molecule has 0 unspecified atom stereocenters. The van der Waals surface area contributed by atoms with Gasteiger partial charge in [0.2, 0.25) is 15.9 Å². The molecular weight excluding hydrogens is 388 g/mol. The first-order chi connectivity index (χ1) is 13.7. The van der Waals surface area contributed by atoms with E-state index in [0.717, 1.165) is 28.3 Å². The number of aryl methyl sites for hydroxylation is 1. The zero-order valence-corrected chi connectivity index (χ0v) is 17.8. The largest absolute Gasteiger partial charge is 0.334 e. The number of rotatable bonds is 8. The summed E-state index contributed by atoms with van der Waals surface area (Å²) in [4.78, 5) is 26.1. The van der Waals surface area contributed by atoms with Gasteiger partial charge in [0.05, 0.1) is 11.4 Å². The van der Waals surface area contributed by atoms with Gasteiger partial charge in [-0.3, -0.25) is 9.59 Å². The molecular formula is C22H26N2O4S. The molecule has 1 saturated carbocycles. The van der Waals surface area contributed by atoms with E-state index < -0.39 is 10.0 Å². The number of carbonyl (C=O) groups is 2. The third-order valence-electron chi connectivity index (χ3n) is 5.11. The van der Waals surface area contributed by atoms with E-state index in [1.54, 1.807) is 4.90 Å². The highest BCUT2D eigenvalue weighted by Gasteiger charge is 2.34. The first kappa shape index (κ1) is 21.2. The van der Waals surface area contributed by atoms with Crippen LogP contribution in [-0.2, 0) is 21.4 Å². The molecule has 1 aliphatic rings. The minimum Gasteiger partial charge on any atom is -0.334 e. The molecule has 1 amide bonds. The molecule has 0 bridgehead atoms. The van der Waals surface area contributed by atoms with Gasteiger partial charge in [0.25, 0.3) is 0 Å². The predicted molar refractivity (Wildman–Crippen MR) is 111 cm³/mol. The van der Waals surface area contributed by atoms with Crippen LogP contribution in [0.5, 0.6) is 0 Å². The van der Waals surface area contributed by atoms with Crippen LogP contribution in [0.3, 0.4) is 0 Å². The molecule has 2 aromatic carbocycles. The maximum atomic E-state index is 12.9. The topological polar surface area (TPSA) is 74.8 Å². The summed E-state index contributed by atoms with van der Waals surface area (Å²) in [5.41, 5.74) is 2.63. The van der Waals surface area contributed by atoms with Crippen LogP contribution < -0.4 is 0 Å². The van der Waals surface area contributed by atoms with Crippen molar-refractivity contribution < 1.29 is 18.0 Å². The molecule has 154 valence electrons. The first-order valence-corrected chi connectivity index (χ1v) is 11.0. The van der Waals surface area contributed by atoms with Crippen LogP contribution in [0.25, 0.3) is 0 Å². The van der Waals surface area contributed by atoms with Crippen LogP contribution in [0.1, 0.15) is 41.3 Å². The average molecular weight is 415 g/mol. The third kappa shape index (κ3) is 5.10. The average Bonchev–Trinajstić information content (AvgIpc) is 3.52. The Bertz CT molecular complexity index is 994. The van der Waals surface area contributed by atoms with Crippen LogP contribution in [0.15, 0.2) is 53.4 Å². The number of benzene rings is 2. The minimum absolute atomic E-state index is 0.0642. The quantitative estimate of drug-likeness (QED) is 0.623. The Hall–Kier alpha value is -2.51. The van der Waals surface area contributed by atoms with E-state index in [-0.39, 0.29) is 29.2 Å². The molecule has 2 aromatic rings. The summed E-state index contributed by atoms with van der Waals surface area (Å²) in [6.45, 7) is 3.69. The number of likely N-dealkylation sites (N-methyl/N-ethyl adjacent to an activating group) is 1. The molecule has 0 spiro atoms. The fourth-order valence-corrected chi connectivity index (χ4v) is 4.23. The molecule has 0 N–H and O–H groups in total. The second-order valence-corrected chi connectivity index (χ2v) is 9.62. The molecule has 0 saturated heterocycles. The summed E-state index contributed by atoms with van der Waals surface area (Å²) in [6, 6.07) is 13.9. The van der Waals surface area contributed by atoms with Gasteiger partial charge in [0.1, 0.15) is 0 Å². The maximum absolute atomic E-state index is 12.9. The lowest BCUT2D eigenvalue weighted by atomic mass is 10.1. The lowest BCUT2D eigenvalue weighted by Gasteiger charge is -2.25. The number of carbonyl (C=O) groups excluding carboxylic acids is 2. The van der Waals surface area contributed by atoms with Gasteiger partial charge >= 0.3 is 0 Å². The van der Waals surface area contributed by atoms with Crippen LogP contribution in [-0.4, -0.2) is 48.9 Å². The van der Waals surface area contributed by atoms with Gasteiger partial charge in [-0.25, -0.2) is 8.42 Å². The van der Waals surface area contributed by atoms with Gasteiger partial charge in [-0.2, -0.15) is 4.31 Å². The Balaban J connectivity index is 1.71. The highest BCUT2D eigenvalue weighted by atomic mass is 32.2. The molecule has 29 heavy (non-hydrogen) atoms. The Morgan fingerprint density at radius 1 is 1.00 bits per heavy atom. The van der Waals surface area contributed by atoms with Crippen molar-refractivity contribution in [2.45, 2.75) is 44.2 Å². The molecule has 7 heteroatoms. The van der Waals surface area contributed by atoms with Crippen molar-refractivity contribution in [2.75, 3.05) is 13.6 Å². The van der Waals surface area contributed by atoms with E-state index in [1.165, 1.54) is 38.2 Å². The number of sulfonamides is 1. The lowest BCUT2D eigenvalue weighted by molar-refractivity contribution is -0.132. The van der Waals surface area contributed by atoms with Gasteiger partial charge in [-0.1, -0.05) is 42.0 Å². The zero-order valence-electron chi connectivity index (χ0n) is 17.0. The standard InChI is InChI=1S/C22H26N2O4S/c1-16-4-6-18(7-5-16)14-24(20-10-11-20)22(26)15-23(3)29(27,28)21-12-8-19(9-13-21)17(2)25/h4-9,12-13,20H,10-11,14-15H2,1-3H3. The Kier molecular flexibility index (Phi) is 6.19. The van der Waals surface area contributed by atoms with Crippen molar-refractivity contribution in [2.24, 2.45) is 0 Å². The summed E-state index contributed by atoms with van der Waals surface area (Å²) in [5.74, 6) is -0.340. The number of ketones is 1. The Morgan fingerprint density at radius 3 is 2.10 bits per heavy atom. The van der Waals surface area contributed by atoms with E-state index in [2.05, 4.69) is 0 Å². The maximum Gasteiger partial charge on any atom is 0.243 e. The van der Waals surface area contributed by atoms with E-state index in [0.29, 0.717) is 12.1 Å². The highest BCUT2D eigenvalue weighted by Crippen LogP contribution is 2.29. The van der Waals surface area contributed by atoms with Crippen molar-refractivity contribution in [3.8, 4) is 0 Å². The van der Waals surface area contributed by atoms with Crippen molar-refractivity contribution >= 4 is 21.7 Å². The lowest BCUT2D eigenvalue weighted by Crippen LogP contribution is -2.41. The smallest absolute Gasteiger partial charge is 0.243 e. The van der Waals surface area contributed by atoms with Crippen molar-refractivity contribution in [1.29, 1.82) is 0 Å². The molecule has 0 heterocycles. The van der Waals surface area contributed by atoms with Crippen LogP contribution in [0, 0.1) is 6.92 Å². The SMILES string of the molecule is CC(=O)c1ccc(S(=O)(=O)N(C)CC(=O)N(Cc2ccc(C)cc2)C2CC2)cc1. The summed E-state index contributed by atoms with van der Waals surface area (Å²) in [7, 11) is -2.41. The third-order valence-corrected chi connectivity index (χ3v) is 6.93. The molecule has 0 radical (unpaired) electrons. The van der Waals surface area contributed by atoms with Gasteiger partial charge < -0.3 is 4.90 Å². The highest BCUT2D eigenvalue weighted by molar-refractivity contribution is 7.89. The zero-order chi connectivity index (χ0) is 21.2. The first-order valence-electron chi connectivity index (χ1n) is 9.61. The van der Waals surface area contributed by atoms with E-state index in [4.69, 9.17) is 0 Å². The summed E-state index contributed by atoms with van der Waals surface area (Å²) >= 11 is 0. The monoisotopic (exact) mass is 414 g/mol. The normalized spacial score (nSPS) is 14.1. The van der Waals surface area contributed by atoms with Crippen LogP contribution >= 0.6 is 0 Å². The van der Waals surface area contributed by atoms with Gasteiger partial charge in [0, 0.05) is 25.2 Å². The summed E-state index contributed by atoms with van der Waals surface area (Å²) in [5, 5.41) is 0. The minimum atomic E-state index is -3.82. The number of Topliss-reactive ketones (excluding diaryl/α,β-unsaturated/α-hetero) is 1. The molecule has 1 aliphatic carbocycles. The second-order valence-electron chi connectivity index (χ2n) is 7.58. The predicted octanol–water partition coefficient (Wildman–Crippen LogP) is 3.01. The molecule has 6 nitrogen and oxygen atoms in total. The molecule has 0 atom stereocenters. The van der Waals surface area contributed by atoms with E-state index >= 15 is 0 Å². The van der Waals surface area contributed by atoms with Gasteiger partial charge in [0.15, 0.2) is 5.78 Å². The molecule has 3 rings (SSSR count). The second kappa shape index (κ2) is 8.47. The summed E-state index contributed by atoms with van der Waals surface area (Å²) < 4.78 is 26.7. The van der Waals surface area contributed by atoms with Crippen LogP contribution in [0.4, 0.5) is 0 Å². The molecule has 0 aliphatic heterocycles. The number of amides is 1. The van der Waals surface area contributed by atoms with Crippen molar-refractivity contribution in [3.63, 3.8) is 0 Å². The number of nitrogens with zero attached hydrogens (tertiary/aromatic N) is 2. The van der Waals surface area contributed by atoms with Crippen LogP contribution in [0.2, 0.25) is 0 Å². The molecule has 0 aromatic heterocycles. The van der Waals surface area contributed by atoms with Crippen molar-refractivity contribution in [3.05, 3.63) is 65.2 Å². The summed E-state index contributed by atoms with van der Waals surface area (Å²) in [6.07, 6.45) is 1.89. The molecule has 1 fully saturated rings. The van der Waals surface area contributed by atoms with Gasteiger partial charge in [-0.15, -0.1) is 0 Å². The number of hydrogen-bond donors (Lipinski definition) is 0.